The molecule has 0 saturated carbocycles. The minimum absolute atomic E-state index is 0.112. The van der Waals surface area contributed by atoms with Crippen molar-refractivity contribution in [1.82, 2.24) is 0 Å². The Bertz CT molecular complexity index is 866. The molecular formula is C18H15F3N2O4. The molecule has 2 rings (SSSR count). The maximum atomic E-state index is 12.3. The van der Waals surface area contributed by atoms with Gasteiger partial charge in [0.2, 0.25) is 0 Å². The van der Waals surface area contributed by atoms with Crippen LogP contribution in [0.1, 0.15) is 15.9 Å². The third-order valence-corrected chi connectivity index (χ3v) is 3.37. The number of benzene rings is 2. The summed E-state index contributed by atoms with van der Waals surface area (Å²) in [5.41, 5.74) is 1.05. The number of anilines is 2. The van der Waals surface area contributed by atoms with Gasteiger partial charge in [-0.25, -0.2) is 4.79 Å². The summed E-state index contributed by atoms with van der Waals surface area (Å²) < 4.78 is 41.6. The summed E-state index contributed by atoms with van der Waals surface area (Å²) in [5, 5.41) is 4.20. The standard InChI is InChI=1S/C18H15F3N2O4/c1-11-5-2-3-8-14(11)23-15(24)10-27-16(25)12-6-4-7-13(9-12)22-17(26)18(19,20)21/h2-9H,10H2,1H3,(H,22,26)(H,23,24). The molecule has 0 unspecified atom stereocenters. The van der Waals surface area contributed by atoms with E-state index in [-0.39, 0.29) is 11.3 Å². The summed E-state index contributed by atoms with van der Waals surface area (Å²) >= 11 is 0. The lowest BCUT2D eigenvalue weighted by Crippen LogP contribution is -2.30. The van der Waals surface area contributed by atoms with E-state index in [4.69, 9.17) is 4.74 Å². The molecule has 2 amide bonds. The highest BCUT2D eigenvalue weighted by molar-refractivity contribution is 5.98. The summed E-state index contributed by atoms with van der Waals surface area (Å²) in [6.45, 7) is 1.22. The number of carbonyl (C=O) groups is 3. The van der Waals surface area contributed by atoms with Crippen molar-refractivity contribution in [3.05, 3.63) is 59.7 Å². The van der Waals surface area contributed by atoms with E-state index >= 15 is 0 Å². The molecule has 0 bridgehead atoms. The Morgan fingerprint density at radius 3 is 2.37 bits per heavy atom. The second-order valence-corrected chi connectivity index (χ2v) is 5.47. The molecular weight excluding hydrogens is 365 g/mol. The lowest BCUT2D eigenvalue weighted by molar-refractivity contribution is -0.167. The predicted octanol–water partition coefficient (Wildman–Crippen LogP) is 3.29. The van der Waals surface area contributed by atoms with Gasteiger partial charge < -0.3 is 15.4 Å². The zero-order valence-electron chi connectivity index (χ0n) is 14.1. The van der Waals surface area contributed by atoms with Crippen LogP contribution >= 0.6 is 0 Å². The lowest BCUT2D eigenvalue weighted by atomic mass is 10.2. The first-order chi connectivity index (χ1) is 12.7. The molecule has 6 nitrogen and oxygen atoms in total. The molecule has 0 spiro atoms. The number of hydrogen-bond acceptors (Lipinski definition) is 4. The molecule has 0 aliphatic carbocycles. The molecule has 0 fully saturated rings. The van der Waals surface area contributed by atoms with E-state index in [1.807, 2.05) is 0 Å². The molecule has 2 N–H and O–H groups in total. The molecule has 0 saturated heterocycles. The molecule has 27 heavy (non-hydrogen) atoms. The van der Waals surface area contributed by atoms with Crippen LogP contribution in [0.4, 0.5) is 24.5 Å². The number of amides is 2. The molecule has 142 valence electrons. The number of para-hydroxylation sites is 1. The molecule has 2 aromatic rings. The number of nitrogens with one attached hydrogen (secondary N) is 2. The minimum Gasteiger partial charge on any atom is -0.452 e. The topological polar surface area (TPSA) is 84.5 Å². The summed E-state index contributed by atoms with van der Waals surface area (Å²) in [7, 11) is 0. The Kier molecular flexibility index (Phi) is 6.17. The normalized spacial score (nSPS) is 10.8. The van der Waals surface area contributed by atoms with Crippen molar-refractivity contribution in [3.8, 4) is 0 Å². The van der Waals surface area contributed by atoms with Gasteiger partial charge in [-0.3, -0.25) is 9.59 Å². The number of ether oxygens (including phenoxy) is 1. The Balaban J connectivity index is 1.94. The van der Waals surface area contributed by atoms with E-state index in [2.05, 4.69) is 5.32 Å². The zero-order valence-corrected chi connectivity index (χ0v) is 14.1. The summed E-state index contributed by atoms with van der Waals surface area (Å²) in [4.78, 5) is 34.7. The molecule has 0 aliphatic rings. The Morgan fingerprint density at radius 2 is 1.70 bits per heavy atom. The maximum absolute atomic E-state index is 12.3. The van der Waals surface area contributed by atoms with Gasteiger partial charge in [0.05, 0.1) is 5.56 Å². The van der Waals surface area contributed by atoms with Crippen molar-refractivity contribution in [2.75, 3.05) is 17.2 Å². The minimum atomic E-state index is -5.05. The van der Waals surface area contributed by atoms with Gasteiger partial charge in [0.1, 0.15) is 0 Å². The number of esters is 1. The quantitative estimate of drug-likeness (QED) is 0.780. The molecule has 0 atom stereocenters. The predicted molar refractivity (Wildman–Crippen MR) is 91.2 cm³/mol. The van der Waals surface area contributed by atoms with Gasteiger partial charge in [-0.1, -0.05) is 24.3 Å². The third-order valence-electron chi connectivity index (χ3n) is 3.37. The van der Waals surface area contributed by atoms with Crippen LogP contribution in [-0.2, 0) is 14.3 Å². The van der Waals surface area contributed by atoms with Crippen molar-refractivity contribution >= 4 is 29.2 Å². The SMILES string of the molecule is Cc1ccccc1NC(=O)COC(=O)c1cccc(NC(=O)C(F)(F)F)c1. The summed E-state index contributed by atoms with van der Waals surface area (Å²) in [6.07, 6.45) is -5.05. The first kappa shape index (κ1) is 20.0. The molecule has 0 aliphatic heterocycles. The Morgan fingerprint density at radius 1 is 1.00 bits per heavy atom. The van der Waals surface area contributed by atoms with Gasteiger partial charge >= 0.3 is 18.1 Å². The van der Waals surface area contributed by atoms with Gasteiger partial charge in [0, 0.05) is 11.4 Å². The largest absolute Gasteiger partial charge is 0.471 e. The maximum Gasteiger partial charge on any atom is 0.471 e. The number of hydrogen-bond donors (Lipinski definition) is 2. The molecule has 2 aromatic carbocycles. The number of halogens is 3. The summed E-state index contributed by atoms with van der Waals surface area (Å²) in [6, 6.07) is 11.8. The highest BCUT2D eigenvalue weighted by Crippen LogP contribution is 2.19. The van der Waals surface area contributed by atoms with Gasteiger partial charge in [-0.05, 0) is 36.8 Å². The van der Waals surface area contributed by atoms with E-state index in [0.717, 1.165) is 11.6 Å². The fourth-order valence-corrected chi connectivity index (χ4v) is 2.04. The Labute approximate surface area is 152 Å². The summed E-state index contributed by atoms with van der Waals surface area (Å²) in [5.74, 6) is -3.65. The van der Waals surface area contributed by atoms with Gasteiger partial charge in [-0.2, -0.15) is 13.2 Å². The van der Waals surface area contributed by atoms with Gasteiger partial charge in [-0.15, -0.1) is 0 Å². The number of rotatable bonds is 5. The smallest absolute Gasteiger partial charge is 0.452 e. The van der Waals surface area contributed by atoms with Crippen molar-refractivity contribution in [2.24, 2.45) is 0 Å². The van der Waals surface area contributed by atoms with Crippen LogP contribution in [0.15, 0.2) is 48.5 Å². The van der Waals surface area contributed by atoms with Crippen LogP contribution in [0.25, 0.3) is 0 Å². The average molecular weight is 380 g/mol. The van der Waals surface area contributed by atoms with Crippen LogP contribution in [0.5, 0.6) is 0 Å². The monoisotopic (exact) mass is 380 g/mol. The van der Waals surface area contributed by atoms with Gasteiger partial charge in [0.15, 0.2) is 6.61 Å². The van der Waals surface area contributed by atoms with Gasteiger partial charge in [0.25, 0.3) is 5.91 Å². The van der Waals surface area contributed by atoms with Crippen LogP contribution in [0.3, 0.4) is 0 Å². The molecule has 9 heteroatoms. The van der Waals surface area contributed by atoms with Crippen molar-refractivity contribution in [1.29, 1.82) is 0 Å². The van der Waals surface area contributed by atoms with Crippen LogP contribution in [0.2, 0.25) is 0 Å². The van der Waals surface area contributed by atoms with E-state index in [1.165, 1.54) is 18.2 Å². The number of alkyl halides is 3. The van der Waals surface area contributed by atoms with Crippen molar-refractivity contribution in [3.63, 3.8) is 0 Å². The number of aryl methyl sites for hydroxylation is 1. The first-order valence-corrected chi connectivity index (χ1v) is 7.67. The van der Waals surface area contributed by atoms with E-state index in [1.54, 1.807) is 36.5 Å². The van der Waals surface area contributed by atoms with E-state index in [9.17, 15) is 27.6 Å². The van der Waals surface area contributed by atoms with Crippen LogP contribution in [0, 0.1) is 6.92 Å². The fraction of sp³-hybridized carbons (Fsp3) is 0.167. The van der Waals surface area contributed by atoms with Crippen molar-refractivity contribution < 1.29 is 32.3 Å². The molecule has 0 radical (unpaired) electrons. The zero-order chi connectivity index (χ0) is 20.0. The number of carbonyl (C=O) groups excluding carboxylic acids is 3. The molecule has 0 aromatic heterocycles. The van der Waals surface area contributed by atoms with Crippen LogP contribution < -0.4 is 10.6 Å². The molecule has 0 heterocycles. The first-order valence-electron chi connectivity index (χ1n) is 7.67. The van der Waals surface area contributed by atoms with E-state index < -0.39 is 30.6 Å². The van der Waals surface area contributed by atoms with Crippen LogP contribution in [-0.4, -0.2) is 30.6 Å². The highest BCUT2D eigenvalue weighted by Gasteiger charge is 2.38. The third kappa shape index (κ3) is 5.84. The average Bonchev–Trinajstić information content (AvgIpc) is 2.61. The highest BCUT2D eigenvalue weighted by atomic mass is 19.4. The second-order valence-electron chi connectivity index (χ2n) is 5.47. The second kappa shape index (κ2) is 8.35. The van der Waals surface area contributed by atoms with E-state index in [0.29, 0.717) is 5.69 Å². The Hall–Kier alpha value is -3.36. The van der Waals surface area contributed by atoms with Crippen molar-refractivity contribution in [2.45, 2.75) is 13.1 Å². The lowest BCUT2D eigenvalue weighted by Gasteiger charge is -2.10. The fourth-order valence-electron chi connectivity index (χ4n) is 2.04.